The summed E-state index contributed by atoms with van der Waals surface area (Å²) in [6, 6.07) is 0. The van der Waals surface area contributed by atoms with Gasteiger partial charge >= 0.3 is 0 Å². The number of nitrogens with one attached hydrogen (secondary N) is 1. The van der Waals surface area contributed by atoms with E-state index >= 15 is 0 Å². The zero-order valence-electron chi connectivity index (χ0n) is 14.2. The van der Waals surface area contributed by atoms with Crippen LogP contribution in [0.3, 0.4) is 0 Å². The number of aliphatic hydroxyl groups excluding tert-OH is 2. The number of aromatic nitrogens is 4. The number of carbonyl (C=O) groups excluding carboxylic acids is 1. The molecule has 0 spiro atoms. The van der Waals surface area contributed by atoms with Crippen LogP contribution >= 0.6 is 0 Å². The molecular formula is C15H21N5O5. The largest absolute Gasteiger partial charge is 0.394 e. The highest BCUT2D eigenvalue weighted by Crippen LogP contribution is 2.33. The molecule has 10 nitrogen and oxygen atoms in total. The Morgan fingerprint density at radius 2 is 2.20 bits per heavy atom. The van der Waals surface area contributed by atoms with E-state index in [2.05, 4.69) is 20.3 Å². The highest BCUT2D eigenvalue weighted by molar-refractivity contribution is 5.97. The third-order valence-electron chi connectivity index (χ3n) is 4.16. The SMILES string of the molecule is CO[C@@H]1[C@H](O)[C@@H](CO)O[C@H]1n1cnc2c(NC(=O)C(C)C)ncnc21. The van der Waals surface area contributed by atoms with E-state index < -0.39 is 24.5 Å². The van der Waals surface area contributed by atoms with E-state index in [1.54, 1.807) is 18.4 Å². The Hall–Kier alpha value is -2.14. The van der Waals surface area contributed by atoms with E-state index in [-0.39, 0.29) is 18.4 Å². The third-order valence-corrected chi connectivity index (χ3v) is 4.16. The molecule has 136 valence electrons. The van der Waals surface area contributed by atoms with Crippen LogP contribution < -0.4 is 5.32 Å². The van der Waals surface area contributed by atoms with Gasteiger partial charge in [-0.2, -0.15) is 0 Å². The molecule has 0 radical (unpaired) electrons. The minimum atomic E-state index is -0.987. The Morgan fingerprint density at radius 1 is 1.44 bits per heavy atom. The Balaban J connectivity index is 1.97. The molecule has 3 N–H and O–H groups in total. The zero-order chi connectivity index (χ0) is 18.1. The van der Waals surface area contributed by atoms with Crippen molar-refractivity contribution in [1.29, 1.82) is 0 Å². The average molecular weight is 351 g/mol. The Labute approximate surface area is 143 Å². The zero-order valence-corrected chi connectivity index (χ0v) is 14.2. The smallest absolute Gasteiger partial charge is 0.228 e. The van der Waals surface area contributed by atoms with Crippen LogP contribution in [0.4, 0.5) is 5.82 Å². The van der Waals surface area contributed by atoms with E-state index in [0.29, 0.717) is 17.0 Å². The molecule has 25 heavy (non-hydrogen) atoms. The van der Waals surface area contributed by atoms with Crippen LogP contribution in [0.25, 0.3) is 11.2 Å². The molecule has 0 aliphatic carbocycles. The van der Waals surface area contributed by atoms with Crippen molar-refractivity contribution in [2.75, 3.05) is 19.0 Å². The molecule has 2 aromatic heterocycles. The van der Waals surface area contributed by atoms with Crippen molar-refractivity contribution in [2.45, 2.75) is 38.4 Å². The standard InChI is InChI=1S/C15H21N5O5/c1-7(2)14(23)19-12-9-13(17-5-16-12)20(6-18-9)15-11(24-3)10(22)8(4-21)25-15/h5-8,10-11,15,21-22H,4H2,1-3H3,(H,16,17,19,23)/t8-,10-,11-,15-/m1/s1. The van der Waals surface area contributed by atoms with Gasteiger partial charge < -0.3 is 25.0 Å². The fourth-order valence-electron chi connectivity index (χ4n) is 2.74. The number of aliphatic hydroxyl groups is 2. The highest BCUT2D eigenvalue weighted by Gasteiger charge is 2.45. The van der Waals surface area contributed by atoms with Gasteiger partial charge in [-0.15, -0.1) is 0 Å². The molecular weight excluding hydrogens is 330 g/mol. The van der Waals surface area contributed by atoms with Crippen LogP contribution in [0.2, 0.25) is 0 Å². The van der Waals surface area contributed by atoms with Crippen LogP contribution in [0.1, 0.15) is 20.1 Å². The van der Waals surface area contributed by atoms with Crippen molar-refractivity contribution in [3.8, 4) is 0 Å². The van der Waals surface area contributed by atoms with Crippen molar-refractivity contribution in [3.63, 3.8) is 0 Å². The van der Waals surface area contributed by atoms with Gasteiger partial charge in [-0.25, -0.2) is 15.0 Å². The summed E-state index contributed by atoms with van der Waals surface area (Å²) in [6.45, 7) is 3.21. The lowest BCUT2D eigenvalue weighted by Gasteiger charge is -2.19. The molecule has 0 unspecified atom stereocenters. The molecule has 0 aromatic carbocycles. The Kier molecular flexibility index (Phi) is 4.95. The molecule has 2 aromatic rings. The number of rotatable bonds is 5. The lowest BCUT2D eigenvalue weighted by atomic mass is 10.1. The molecule has 3 heterocycles. The number of carbonyl (C=O) groups is 1. The number of imidazole rings is 1. The maximum atomic E-state index is 11.9. The summed E-state index contributed by atoms with van der Waals surface area (Å²) in [5.74, 6) is -0.0885. The highest BCUT2D eigenvalue weighted by atomic mass is 16.6. The third kappa shape index (κ3) is 3.09. The number of hydrogen-bond acceptors (Lipinski definition) is 8. The number of fused-ring (bicyclic) bond motifs is 1. The summed E-state index contributed by atoms with van der Waals surface area (Å²) in [4.78, 5) is 24.5. The predicted molar refractivity (Wildman–Crippen MR) is 86.6 cm³/mol. The van der Waals surface area contributed by atoms with Gasteiger partial charge in [0, 0.05) is 13.0 Å². The molecule has 3 rings (SSSR count). The van der Waals surface area contributed by atoms with Crippen LogP contribution in [-0.4, -0.2) is 67.7 Å². The molecule has 1 amide bonds. The van der Waals surface area contributed by atoms with Gasteiger partial charge in [-0.05, 0) is 0 Å². The summed E-state index contributed by atoms with van der Waals surface area (Å²) in [6.07, 6.45) is -0.376. The molecule has 0 saturated carbocycles. The van der Waals surface area contributed by atoms with Crippen molar-refractivity contribution >= 4 is 22.9 Å². The second-order valence-corrected chi connectivity index (χ2v) is 6.13. The van der Waals surface area contributed by atoms with Gasteiger partial charge in [-0.3, -0.25) is 9.36 Å². The van der Waals surface area contributed by atoms with E-state index in [0.717, 1.165) is 0 Å². The van der Waals surface area contributed by atoms with Crippen molar-refractivity contribution < 1.29 is 24.5 Å². The number of methoxy groups -OCH3 is 1. The van der Waals surface area contributed by atoms with Crippen LogP contribution in [0.15, 0.2) is 12.7 Å². The lowest BCUT2D eigenvalue weighted by molar-refractivity contribution is -0.118. The summed E-state index contributed by atoms with van der Waals surface area (Å²) in [7, 11) is 1.45. The number of hydrogen-bond donors (Lipinski definition) is 3. The van der Waals surface area contributed by atoms with Gasteiger partial charge in [0.25, 0.3) is 0 Å². The average Bonchev–Trinajstić information content (AvgIpc) is 3.15. The topological polar surface area (TPSA) is 132 Å². The fraction of sp³-hybridized carbons (Fsp3) is 0.600. The second kappa shape index (κ2) is 7.00. The van der Waals surface area contributed by atoms with Gasteiger partial charge in [-0.1, -0.05) is 13.8 Å². The van der Waals surface area contributed by atoms with E-state index in [4.69, 9.17) is 9.47 Å². The normalized spacial score (nSPS) is 26.5. The first-order valence-corrected chi connectivity index (χ1v) is 7.93. The number of nitrogens with zero attached hydrogens (tertiary/aromatic N) is 4. The van der Waals surface area contributed by atoms with E-state index in [1.165, 1.54) is 19.8 Å². The van der Waals surface area contributed by atoms with Crippen LogP contribution in [0, 0.1) is 5.92 Å². The first kappa shape index (κ1) is 17.7. The fourth-order valence-corrected chi connectivity index (χ4v) is 2.74. The monoisotopic (exact) mass is 351 g/mol. The van der Waals surface area contributed by atoms with Crippen molar-refractivity contribution in [3.05, 3.63) is 12.7 Å². The van der Waals surface area contributed by atoms with Crippen LogP contribution in [-0.2, 0) is 14.3 Å². The van der Waals surface area contributed by atoms with E-state index in [1.807, 2.05) is 0 Å². The quantitative estimate of drug-likeness (QED) is 0.668. The maximum absolute atomic E-state index is 11.9. The number of amides is 1. The van der Waals surface area contributed by atoms with Crippen molar-refractivity contribution in [2.24, 2.45) is 5.92 Å². The second-order valence-electron chi connectivity index (χ2n) is 6.13. The van der Waals surface area contributed by atoms with Crippen LogP contribution in [0.5, 0.6) is 0 Å². The summed E-state index contributed by atoms with van der Waals surface area (Å²) < 4.78 is 12.6. The Morgan fingerprint density at radius 3 is 2.84 bits per heavy atom. The van der Waals surface area contributed by atoms with Gasteiger partial charge in [0.05, 0.1) is 12.9 Å². The van der Waals surface area contributed by atoms with E-state index in [9.17, 15) is 15.0 Å². The summed E-state index contributed by atoms with van der Waals surface area (Å²) in [5.41, 5.74) is 0.823. The van der Waals surface area contributed by atoms with Crippen molar-refractivity contribution in [1.82, 2.24) is 19.5 Å². The number of anilines is 1. The minimum Gasteiger partial charge on any atom is -0.394 e. The lowest BCUT2D eigenvalue weighted by Crippen LogP contribution is -2.34. The number of ether oxygens (including phenoxy) is 2. The molecule has 1 aliphatic rings. The molecule has 1 fully saturated rings. The molecule has 10 heteroatoms. The first-order valence-electron chi connectivity index (χ1n) is 7.93. The summed E-state index contributed by atoms with van der Waals surface area (Å²) in [5, 5.41) is 22.2. The molecule has 1 aliphatic heterocycles. The van der Waals surface area contributed by atoms with Gasteiger partial charge in [0.1, 0.15) is 24.6 Å². The maximum Gasteiger partial charge on any atom is 0.228 e. The predicted octanol–water partition coefficient (Wildman–Crippen LogP) is -0.314. The van der Waals surface area contributed by atoms with Gasteiger partial charge in [0.15, 0.2) is 23.2 Å². The first-order chi connectivity index (χ1) is 12.0. The Bertz CT molecular complexity index is 764. The molecule has 1 saturated heterocycles. The van der Waals surface area contributed by atoms with Gasteiger partial charge in [0.2, 0.25) is 5.91 Å². The molecule has 4 atom stereocenters. The molecule has 0 bridgehead atoms. The minimum absolute atomic E-state index is 0.183. The summed E-state index contributed by atoms with van der Waals surface area (Å²) >= 11 is 0.